The van der Waals surface area contributed by atoms with Crippen LogP contribution >= 0.6 is 12.4 Å². The molecule has 0 aliphatic rings. The van der Waals surface area contributed by atoms with Gasteiger partial charge in [0, 0.05) is 12.6 Å². The van der Waals surface area contributed by atoms with Gasteiger partial charge < -0.3 is 5.32 Å². The van der Waals surface area contributed by atoms with Crippen LogP contribution in [0.2, 0.25) is 0 Å². The zero-order valence-electron chi connectivity index (χ0n) is 8.50. The first kappa shape index (κ1) is 12.5. The van der Waals surface area contributed by atoms with Crippen LogP contribution in [0.1, 0.15) is 25.0 Å². The Bertz CT molecular complexity index is 246. The second-order valence-electron chi connectivity index (χ2n) is 3.46. The number of rotatable bonds is 3. The summed E-state index contributed by atoms with van der Waals surface area (Å²) in [5.41, 5.74) is 2.76. The van der Waals surface area contributed by atoms with E-state index in [0.29, 0.717) is 6.04 Å². The summed E-state index contributed by atoms with van der Waals surface area (Å²) in [6, 6.07) is 9.05. The smallest absolute Gasteiger partial charge is 0.0210 e. The second-order valence-corrected chi connectivity index (χ2v) is 3.46. The van der Waals surface area contributed by atoms with Crippen molar-refractivity contribution in [1.82, 2.24) is 5.32 Å². The molecule has 0 aliphatic heterocycles. The predicted molar refractivity (Wildman–Crippen MR) is 60.4 cm³/mol. The Morgan fingerprint density at radius 2 is 1.85 bits per heavy atom. The molecule has 0 heterocycles. The van der Waals surface area contributed by atoms with Crippen molar-refractivity contribution in [2.75, 3.05) is 0 Å². The second kappa shape index (κ2) is 6.01. The molecule has 74 valence electrons. The number of benzene rings is 1. The van der Waals surface area contributed by atoms with E-state index in [1.807, 2.05) is 0 Å². The number of hydrogen-bond acceptors (Lipinski definition) is 1. The van der Waals surface area contributed by atoms with E-state index in [9.17, 15) is 0 Å². The van der Waals surface area contributed by atoms with Crippen LogP contribution < -0.4 is 5.32 Å². The summed E-state index contributed by atoms with van der Waals surface area (Å²) in [5.74, 6) is 0. The first-order valence-electron chi connectivity index (χ1n) is 4.48. The lowest BCUT2D eigenvalue weighted by Crippen LogP contribution is -2.22. The van der Waals surface area contributed by atoms with Gasteiger partial charge in [-0.3, -0.25) is 0 Å². The molecule has 0 saturated carbocycles. The van der Waals surface area contributed by atoms with Crippen molar-refractivity contribution in [2.45, 2.75) is 33.4 Å². The molecule has 1 N–H and O–H groups in total. The molecular weight excluding hydrogens is 182 g/mol. The lowest BCUT2D eigenvalue weighted by molar-refractivity contribution is 0.587. The Hall–Kier alpha value is -0.530. The van der Waals surface area contributed by atoms with Gasteiger partial charge in [-0.1, -0.05) is 38.1 Å². The van der Waals surface area contributed by atoms with Crippen molar-refractivity contribution in [3.63, 3.8) is 0 Å². The van der Waals surface area contributed by atoms with E-state index >= 15 is 0 Å². The third-order valence-electron chi connectivity index (χ3n) is 1.96. The zero-order valence-corrected chi connectivity index (χ0v) is 9.32. The number of hydrogen-bond donors (Lipinski definition) is 1. The molecule has 0 unspecified atom stereocenters. The van der Waals surface area contributed by atoms with Crippen LogP contribution in [0.15, 0.2) is 24.3 Å². The van der Waals surface area contributed by atoms with E-state index < -0.39 is 0 Å². The molecule has 1 aromatic carbocycles. The maximum atomic E-state index is 3.40. The monoisotopic (exact) mass is 199 g/mol. The zero-order chi connectivity index (χ0) is 8.97. The van der Waals surface area contributed by atoms with Gasteiger partial charge in [-0.15, -0.1) is 12.4 Å². The fourth-order valence-electron chi connectivity index (χ4n) is 1.12. The standard InChI is InChI=1S/C11H17N.ClH/c1-9(2)12-8-11-7-5-4-6-10(11)3;/h4-7,9,12H,8H2,1-3H3;1H. The van der Waals surface area contributed by atoms with Crippen molar-refractivity contribution in [3.8, 4) is 0 Å². The van der Waals surface area contributed by atoms with E-state index in [4.69, 9.17) is 0 Å². The maximum Gasteiger partial charge on any atom is 0.0210 e. The van der Waals surface area contributed by atoms with Crippen molar-refractivity contribution in [1.29, 1.82) is 0 Å². The Morgan fingerprint density at radius 3 is 2.38 bits per heavy atom. The largest absolute Gasteiger partial charge is 0.310 e. The molecule has 13 heavy (non-hydrogen) atoms. The first-order chi connectivity index (χ1) is 5.70. The molecule has 1 nitrogen and oxygen atoms in total. The average Bonchev–Trinajstić information content (AvgIpc) is 2.03. The maximum absolute atomic E-state index is 3.40. The van der Waals surface area contributed by atoms with E-state index in [1.54, 1.807) is 0 Å². The molecule has 0 bridgehead atoms. The fourth-order valence-corrected chi connectivity index (χ4v) is 1.12. The van der Waals surface area contributed by atoms with Gasteiger partial charge >= 0.3 is 0 Å². The normalized spacial score (nSPS) is 9.85. The highest BCUT2D eigenvalue weighted by atomic mass is 35.5. The van der Waals surface area contributed by atoms with Gasteiger partial charge in [-0.2, -0.15) is 0 Å². The number of aryl methyl sites for hydroxylation is 1. The number of nitrogens with one attached hydrogen (secondary N) is 1. The van der Waals surface area contributed by atoms with Gasteiger partial charge in [0.15, 0.2) is 0 Å². The summed E-state index contributed by atoms with van der Waals surface area (Å²) in [6.07, 6.45) is 0. The molecule has 2 heteroatoms. The van der Waals surface area contributed by atoms with E-state index in [0.717, 1.165) is 6.54 Å². The molecule has 0 atom stereocenters. The molecule has 0 aromatic heterocycles. The number of halogens is 1. The molecule has 0 fully saturated rings. The van der Waals surface area contributed by atoms with E-state index in [2.05, 4.69) is 50.4 Å². The Balaban J connectivity index is 0.00000144. The topological polar surface area (TPSA) is 12.0 Å². The van der Waals surface area contributed by atoms with E-state index in [1.165, 1.54) is 11.1 Å². The molecule has 1 rings (SSSR count). The molecule has 0 spiro atoms. The van der Waals surface area contributed by atoms with Gasteiger partial charge in [0.1, 0.15) is 0 Å². The van der Waals surface area contributed by atoms with Gasteiger partial charge in [-0.05, 0) is 18.1 Å². The minimum absolute atomic E-state index is 0. The third kappa shape index (κ3) is 4.30. The Kier molecular flexibility index (Phi) is 5.76. The first-order valence-corrected chi connectivity index (χ1v) is 4.48. The summed E-state index contributed by atoms with van der Waals surface area (Å²) >= 11 is 0. The molecule has 0 radical (unpaired) electrons. The van der Waals surface area contributed by atoms with Gasteiger partial charge in [0.05, 0.1) is 0 Å². The molecule has 1 aromatic rings. The minimum atomic E-state index is 0. The lowest BCUT2D eigenvalue weighted by atomic mass is 10.1. The van der Waals surface area contributed by atoms with Crippen LogP contribution in [-0.4, -0.2) is 6.04 Å². The van der Waals surface area contributed by atoms with Gasteiger partial charge in [0.25, 0.3) is 0 Å². The highest BCUT2D eigenvalue weighted by molar-refractivity contribution is 5.85. The van der Waals surface area contributed by atoms with Crippen molar-refractivity contribution < 1.29 is 0 Å². The van der Waals surface area contributed by atoms with Crippen LogP contribution in [0, 0.1) is 6.92 Å². The quantitative estimate of drug-likeness (QED) is 0.790. The van der Waals surface area contributed by atoms with Crippen LogP contribution in [0.3, 0.4) is 0 Å². The van der Waals surface area contributed by atoms with Gasteiger partial charge in [-0.25, -0.2) is 0 Å². The Labute approximate surface area is 87.0 Å². The van der Waals surface area contributed by atoms with Crippen LogP contribution in [0.25, 0.3) is 0 Å². The summed E-state index contributed by atoms with van der Waals surface area (Å²) in [6.45, 7) is 7.46. The van der Waals surface area contributed by atoms with Crippen LogP contribution in [-0.2, 0) is 6.54 Å². The Morgan fingerprint density at radius 1 is 1.23 bits per heavy atom. The summed E-state index contributed by atoms with van der Waals surface area (Å²) in [4.78, 5) is 0. The molecular formula is C11H18ClN. The van der Waals surface area contributed by atoms with Crippen molar-refractivity contribution >= 4 is 12.4 Å². The van der Waals surface area contributed by atoms with E-state index in [-0.39, 0.29) is 12.4 Å². The molecule has 0 amide bonds. The molecule has 0 saturated heterocycles. The third-order valence-corrected chi connectivity index (χ3v) is 1.96. The predicted octanol–water partition coefficient (Wildman–Crippen LogP) is 2.91. The summed E-state index contributed by atoms with van der Waals surface area (Å²) in [7, 11) is 0. The summed E-state index contributed by atoms with van der Waals surface area (Å²) < 4.78 is 0. The summed E-state index contributed by atoms with van der Waals surface area (Å²) in [5, 5.41) is 3.40. The lowest BCUT2D eigenvalue weighted by Gasteiger charge is -2.09. The average molecular weight is 200 g/mol. The van der Waals surface area contributed by atoms with Crippen LogP contribution in [0.5, 0.6) is 0 Å². The minimum Gasteiger partial charge on any atom is -0.310 e. The van der Waals surface area contributed by atoms with Crippen LogP contribution in [0.4, 0.5) is 0 Å². The van der Waals surface area contributed by atoms with Crippen molar-refractivity contribution in [3.05, 3.63) is 35.4 Å². The SMILES string of the molecule is Cc1ccccc1CNC(C)C.Cl. The molecule has 0 aliphatic carbocycles. The van der Waals surface area contributed by atoms with Gasteiger partial charge in [0.2, 0.25) is 0 Å². The van der Waals surface area contributed by atoms with Crippen molar-refractivity contribution in [2.24, 2.45) is 0 Å². The fraction of sp³-hybridized carbons (Fsp3) is 0.455. The highest BCUT2D eigenvalue weighted by Gasteiger charge is 1.96. The highest BCUT2D eigenvalue weighted by Crippen LogP contribution is 2.06.